The maximum Gasteiger partial charge on any atom is 0.184 e. The Morgan fingerprint density at radius 3 is 1.54 bits per heavy atom. The Balaban J connectivity index is 1.48. The van der Waals surface area contributed by atoms with Gasteiger partial charge < -0.3 is 19.4 Å². The van der Waals surface area contributed by atoms with Crippen molar-refractivity contribution in [2.45, 2.75) is 100 Å². The third-order valence-corrected chi connectivity index (χ3v) is 12.3. The van der Waals surface area contributed by atoms with E-state index >= 15 is 0 Å². The normalized spacial score (nSPS) is 12.2. The highest BCUT2D eigenvalue weighted by Gasteiger charge is 2.26. The topological polar surface area (TPSA) is 75.8 Å². The third-order valence-electron chi connectivity index (χ3n) is 12.3. The van der Waals surface area contributed by atoms with Gasteiger partial charge in [0.25, 0.3) is 0 Å². The second-order valence-corrected chi connectivity index (χ2v) is 16.0. The summed E-state index contributed by atoms with van der Waals surface area (Å²) < 4.78 is 10.9. The Hall–Kier alpha value is -6.36. The molecular weight excluding hydrogens is 749 g/mol. The van der Waals surface area contributed by atoms with Crippen molar-refractivity contribution in [2.75, 3.05) is 14.2 Å². The number of benzene rings is 2. The number of rotatable bonds is 10. The minimum absolute atomic E-state index is 0.510. The summed E-state index contributed by atoms with van der Waals surface area (Å²) >= 11 is 0. The Kier molecular flexibility index (Phi) is 13.3. The number of unbranched alkanes of at least 4 members (excludes halogenated alkanes) is 2. The first-order chi connectivity index (χ1) is 29.6. The molecule has 7 rings (SSSR count). The number of nitrogens with zero attached hydrogens (tertiary/aromatic N) is 2. The zero-order valence-corrected chi connectivity index (χ0v) is 37.4. The molecule has 5 aromatic rings. The summed E-state index contributed by atoms with van der Waals surface area (Å²) in [5.74, 6) is 18.5. The lowest BCUT2D eigenvalue weighted by Crippen LogP contribution is -2.05. The van der Waals surface area contributed by atoms with Crippen LogP contribution in [0.3, 0.4) is 0 Å². The van der Waals surface area contributed by atoms with Gasteiger partial charge >= 0.3 is 0 Å². The molecule has 3 aromatic heterocycles. The van der Waals surface area contributed by atoms with Gasteiger partial charge in [0.2, 0.25) is 0 Å². The molecule has 0 saturated carbocycles. The number of H-pyrrole nitrogens is 2. The number of methoxy groups -OCH3 is 2. The maximum atomic E-state index is 5.47. The molecule has 2 aliphatic heterocycles. The fourth-order valence-corrected chi connectivity index (χ4v) is 8.35. The number of hydrogen-bond acceptors (Lipinski definition) is 4. The van der Waals surface area contributed by atoms with E-state index in [1.165, 1.54) is 33.3 Å². The molecule has 61 heavy (non-hydrogen) atoms. The predicted octanol–water partition coefficient (Wildman–Crippen LogP) is 12.9. The van der Waals surface area contributed by atoms with E-state index in [9.17, 15) is 0 Å². The molecule has 0 amide bonds. The van der Waals surface area contributed by atoms with Crippen molar-refractivity contribution in [1.29, 1.82) is 0 Å². The van der Waals surface area contributed by atoms with E-state index in [0.29, 0.717) is 0 Å². The summed E-state index contributed by atoms with van der Waals surface area (Å²) in [6.45, 7) is 17.7. The molecule has 8 bridgehead atoms. The molecule has 6 nitrogen and oxygen atoms in total. The number of ether oxygens (including phenoxy) is 2. The van der Waals surface area contributed by atoms with Crippen LogP contribution in [0.4, 0.5) is 0 Å². The summed E-state index contributed by atoms with van der Waals surface area (Å²) in [6.07, 6.45) is 6.05. The first-order valence-electron chi connectivity index (χ1n) is 21.5. The minimum atomic E-state index is -0.510. The molecule has 2 N–H and O–H groups in total. The second kappa shape index (κ2) is 18.9. The Morgan fingerprint density at radius 1 is 0.557 bits per heavy atom. The van der Waals surface area contributed by atoms with Crippen molar-refractivity contribution >= 4 is 44.4 Å². The number of hydrogen-bond donors (Lipinski definition) is 2. The largest absolute Gasteiger partial charge is 0.355 e. The molecular formula is C55H56N4O2. The SMILES string of the molecule is CCCCc1c(C)c2cc3nc(c(-c4ccccc4C#CC#CC#Cc4ccccc4C(OC)OC)c4nc(cc5[nH]c(cc1[nH]2)c(CCCC)c5C)C(C)=C4C)C(C)=C3C. The second-order valence-electron chi connectivity index (χ2n) is 16.0. The van der Waals surface area contributed by atoms with Crippen LogP contribution < -0.4 is 0 Å². The quantitative estimate of drug-likeness (QED) is 0.109. The molecule has 0 saturated heterocycles. The van der Waals surface area contributed by atoms with Crippen molar-refractivity contribution in [2.24, 2.45) is 0 Å². The summed E-state index contributed by atoms with van der Waals surface area (Å²) in [6, 6.07) is 22.8. The summed E-state index contributed by atoms with van der Waals surface area (Å²) in [7, 11) is 3.22. The zero-order valence-electron chi connectivity index (χ0n) is 37.4. The van der Waals surface area contributed by atoms with Gasteiger partial charge in [-0.25, -0.2) is 9.97 Å². The van der Waals surface area contributed by atoms with Gasteiger partial charge in [0.1, 0.15) is 0 Å². The molecule has 0 unspecified atom stereocenters. The molecule has 0 atom stereocenters. The summed E-state index contributed by atoms with van der Waals surface area (Å²) in [5.41, 5.74) is 22.4. The van der Waals surface area contributed by atoms with Crippen LogP contribution >= 0.6 is 0 Å². The number of allylic oxidation sites excluding steroid dienone is 4. The van der Waals surface area contributed by atoms with Crippen LogP contribution in [0, 0.1) is 49.4 Å². The fourth-order valence-electron chi connectivity index (χ4n) is 8.35. The molecule has 0 radical (unpaired) electrons. The summed E-state index contributed by atoms with van der Waals surface area (Å²) in [4.78, 5) is 18.7. The maximum absolute atomic E-state index is 5.47. The van der Waals surface area contributed by atoms with Gasteiger partial charge in [0.05, 0.1) is 22.8 Å². The zero-order chi connectivity index (χ0) is 43.2. The van der Waals surface area contributed by atoms with Crippen LogP contribution in [-0.4, -0.2) is 34.2 Å². The average molecular weight is 805 g/mol. The molecule has 0 fully saturated rings. The number of fused-ring (bicyclic) bond motifs is 8. The molecule has 2 aliphatic rings. The number of aryl methyl sites for hydroxylation is 4. The van der Waals surface area contributed by atoms with Crippen molar-refractivity contribution in [3.63, 3.8) is 0 Å². The Bertz CT molecular complexity index is 2830. The standard InChI is InChI=1S/C55H56N4O2/c1-11-13-27-42-38(7)48-31-46-34(3)36(5)53(58-46)52(44-29-21-19-25-40(44)23-17-15-16-18-24-41-26-20-22-30-45(41)55(60-9)61-10)54-37(6)35(4)47(59-54)32-49-39(8)43(28-14-12-2)51(57-49)33-50(42)56-48/h19-22,25-26,29-33,55-57H,11-14,27-28H2,1-10H3. The smallest absolute Gasteiger partial charge is 0.184 e. The van der Waals surface area contributed by atoms with Gasteiger partial charge in [-0.15, -0.1) is 0 Å². The molecule has 0 aliphatic carbocycles. The highest BCUT2D eigenvalue weighted by Crippen LogP contribution is 2.43. The van der Waals surface area contributed by atoms with Crippen LogP contribution in [0.25, 0.3) is 55.5 Å². The van der Waals surface area contributed by atoms with E-state index in [1.54, 1.807) is 14.2 Å². The monoisotopic (exact) mass is 804 g/mol. The van der Waals surface area contributed by atoms with Gasteiger partial charge in [-0.1, -0.05) is 74.9 Å². The number of nitrogens with one attached hydrogen (secondary N) is 2. The fraction of sp³-hybridized carbons (Fsp3) is 0.309. The van der Waals surface area contributed by atoms with Gasteiger partial charge in [-0.05, 0) is 166 Å². The molecule has 308 valence electrons. The highest BCUT2D eigenvalue weighted by molar-refractivity contribution is 6.02. The molecule has 6 heteroatoms. The van der Waals surface area contributed by atoms with E-state index in [0.717, 1.165) is 122 Å². The van der Waals surface area contributed by atoms with E-state index in [2.05, 4.69) is 131 Å². The predicted molar refractivity (Wildman–Crippen MR) is 254 cm³/mol. The van der Waals surface area contributed by atoms with E-state index in [-0.39, 0.29) is 0 Å². The number of aromatic nitrogens is 4. The van der Waals surface area contributed by atoms with Crippen molar-refractivity contribution in [3.05, 3.63) is 128 Å². The molecule has 2 aromatic carbocycles. The summed E-state index contributed by atoms with van der Waals surface area (Å²) in [5, 5.41) is 0. The first-order valence-corrected chi connectivity index (χ1v) is 21.5. The highest BCUT2D eigenvalue weighted by atomic mass is 16.7. The van der Waals surface area contributed by atoms with Gasteiger partial charge in [-0.2, -0.15) is 0 Å². The van der Waals surface area contributed by atoms with E-state index in [4.69, 9.17) is 19.4 Å². The first kappa shape index (κ1) is 42.8. The molecule has 5 heterocycles. The van der Waals surface area contributed by atoms with Crippen LogP contribution in [0.1, 0.15) is 135 Å². The van der Waals surface area contributed by atoms with Crippen molar-refractivity contribution < 1.29 is 9.47 Å². The van der Waals surface area contributed by atoms with Crippen molar-refractivity contribution in [3.8, 4) is 46.6 Å². The van der Waals surface area contributed by atoms with Gasteiger partial charge in [0.15, 0.2) is 6.29 Å². The Labute approximate surface area is 362 Å². The lowest BCUT2D eigenvalue weighted by molar-refractivity contribution is -0.106. The van der Waals surface area contributed by atoms with E-state index in [1.807, 2.05) is 36.4 Å². The lowest BCUT2D eigenvalue weighted by atomic mass is 9.92. The van der Waals surface area contributed by atoms with E-state index < -0.39 is 6.29 Å². The third kappa shape index (κ3) is 8.64. The van der Waals surface area contributed by atoms with Crippen molar-refractivity contribution in [1.82, 2.24) is 19.9 Å². The van der Waals surface area contributed by atoms with Gasteiger partial charge in [-0.3, -0.25) is 0 Å². The minimum Gasteiger partial charge on any atom is -0.355 e. The number of aromatic amines is 2. The Morgan fingerprint density at radius 2 is 1.03 bits per heavy atom. The lowest BCUT2D eigenvalue weighted by Gasteiger charge is -2.14. The molecule has 0 spiro atoms. The van der Waals surface area contributed by atoms with Gasteiger partial charge in [0, 0.05) is 64.1 Å². The average Bonchev–Trinajstić information content (AvgIpc) is 3.92. The van der Waals surface area contributed by atoms with Crippen LogP contribution in [-0.2, 0) is 22.3 Å². The van der Waals surface area contributed by atoms with Crippen LogP contribution in [0.15, 0.2) is 66.7 Å². The van der Waals surface area contributed by atoms with Crippen LogP contribution in [0.2, 0.25) is 0 Å². The van der Waals surface area contributed by atoms with Crippen LogP contribution in [0.5, 0.6) is 0 Å².